The molecule has 0 saturated heterocycles. The Labute approximate surface area is 74.4 Å². The molecule has 0 aromatic rings. The van der Waals surface area contributed by atoms with Crippen LogP contribution in [0.2, 0.25) is 0 Å². The normalized spacial score (nSPS) is 28.8. The fraction of sp³-hybridized carbons (Fsp3) is 0.750. The zero-order valence-electron chi connectivity index (χ0n) is 6.87. The lowest BCUT2D eigenvalue weighted by atomic mass is 10.1. The summed E-state index contributed by atoms with van der Waals surface area (Å²) in [5.74, 6) is -0.00775. The van der Waals surface area contributed by atoms with Crippen molar-refractivity contribution in [1.29, 1.82) is 0 Å². The van der Waals surface area contributed by atoms with E-state index in [0.29, 0.717) is 0 Å². The Morgan fingerprint density at radius 3 is 2.17 bits per heavy atom. The molecule has 1 aliphatic carbocycles. The van der Waals surface area contributed by atoms with E-state index in [1.807, 2.05) is 13.8 Å². The van der Waals surface area contributed by atoms with E-state index < -0.39 is 11.2 Å². The van der Waals surface area contributed by atoms with Crippen molar-refractivity contribution in [2.45, 2.75) is 26.4 Å². The Balaban J connectivity index is 2.60. The molecule has 1 atom stereocenters. The van der Waals surface area contributed by atoms with Crippen LogP contribution in [0.3, 0.4) is 0 Å². The molecule has 1 aliphatic rings. The first-order chi connectivity index (χ1) is 5.23. The first kappa shape index (κ1) is 9.90. The summed E-state index contributed by atoms with van der Waals surface area (Å²) in [5, 5.41) is -0.988. The third-order valence-electron chi connectivity index (χ3n) is 2.21. The zero-order chi connectivity index (χ0) is 9.57. The molecule has 0 aliphatic heterocycles. The topological polar surface area (TPSA) is 0 Å². The fourth-order valence-electron chi connectivity index (χ4n) is 1.06. The molecule has 0 N–H and O–H groups in total. The molecule has 12 heavy (non-hydrogen) atoms. The minimum atomic E-state index is -4.37. The van der Waals surface area contributed by atoms with Gasteiger partial charge in [0.25, 0.3) is 0 Å². The number of hydrogen-bond donors (Lipinski definition) is 0. The van der Waals surface area contributed by atoms with Crippen LogP contribution in [0.15, 0.2) is 11.1 Å². The van der Waals surface area contributed by atoms with Crippen LogP contribution in [-0.2, 0) is 0 Å². The smallest absolute Gasteiger partial charge is 0.165 e. The van der Waals surface area contributed by atoms with Crippen molar-refractivity contribution < 1.29 is 13.2 Å². The predicted octanol–water partition coefficient (Wildman–Crippen LogP) is 3.72. The van der Waals surface area contributed by atoms with Gasteiger partial charge in [-0.25, -0.2) is 0 Å². The number of halogens is 4. The van der Waals surface area contributed by atoms with Gasteiger partial charge in [-0.3, -0.25) is 0 Å². The molecule has 0 spiro atoms. The van der Waals surface area contributed by atoms with Crippen LogP contribution in [0.5, 0.6) is 0 Å². The number of hydrogen-bond acceptors (Lipinski definition) is 0. The van der Waals surface area contributed by atoms with Gasteiger partial charge in [-0.15, -0.1) is 0 Å². The lowest BCUT2D eigenvalue weighted by Gasteiger charge is -2.04. The third-order valence-corrected chi connectivity index (χ3v) is 2.55. The van der Waals surface area contributed by atoms with E-state index in [1.54, 1.807) is 0 Å². The molecule has 1 unspecified atom stereocenters. The molecule has 0 aromatic heterocycles. The van der Waals surface area contributed by atoms with Gasteiger partial charge >= 0.3 is 6.18 Å². The van der Waals surface area contributed by atoms with Gasteiger partial charge in [-0.2, -0.15) is 13.2 Å². The highest BCUT2D eigenvalue weighted by Crippen LogP contribution is 2.53. The van der Waals surface area contributed by atoms with Gasteiger partial charge < -0.3 is 0 Å². The van der Waals surface area contributed by atoms with Crippen LogP contribution in [0.25, 0.3) is 0 Å². The van der Waals surface area contributed by atoms with Crippen molar-refractivity contribution in [3.05, 3.63) is 11.1 Å². The highest BCUT2D eigenvalue weighted by molar-refractivity contribution is 6.30. The fourth-order valence-corrected chi connectivity index (χ4v) is 1.22. The van der Waals surface area contributed by atoms with Crippen LogP contribution in [-0.4, -0.2) is 6.18 Å². The summed E-state index contributed by atoms with van der Waals surface area (Å²) in [4.78, 5) is 0. The van der Waals surface area contributed by atoms with E-state index >= 15 is 0 Å². The van der Waals surface area contributed by atoms with Crippen molar-refractivity contribution >= 4 is 11.6 Å². The molecule has 1 saturated carbocycles. The van der Waals surface area contributed by atoms with Crippen molar-refractivity contribution in [3.8, 4) is 0 Å². The van der Waals surface area contributed by atoms with Crippen molar-refractivity contribution in [2.75, 3.05) is 0 Å². The van der Waals surface area contributed by atoms with Gasteiger partial charge in [0.1, 0.15) is 5.03 Å². The minimum absolute atomic E-state index is 0.00535. The SMILES string of the molecule is CC1(C)CC1/C=C(\Cl)C(F)(F)F. The van der Waals surface area contributed by atoms with Crippen LogP contribution in [0.4, 0.5) is 13.2 Å². The Morgan fingerprint density at radius 1 is 1.50 bits per heavy atom. The molecule has 1 rings (SSSR count). The summed E-state index contributed by atoms with van der Waals surface area (Å²) in [7, 11) is 0. The van der Waals surface area contributed by atoms with E-state index in [1.165, 1.54) is 0 Å². The van der Waals surface area contributed by atoms with E-state index in [0.717, 1.165) is 12.5 Å². The highest BCUT2D eigenvalue weighted by Gasteiger charge is 2.46. The molecule has 0 nitrogen and oxygen atoms in total. The molecule has 0 aromatic carbocycles. The number of rotatable bonds is 1. The van der Waals surface area contributed by atoms with E-state index in [4.69, 9.17) is 11.6 Å². The van der Waals surface area contributed by atoms with E-state index in [2.05, 4.69) is 0 Å². The van der Waals surface area contributed by atoms with Crippen LogP contribution in [0.1, 0.15) is 20.3 Å². The quantitative estimate of drug-likeness (QED) is 0.603. The zero-order valence-corrected chi connectivity index (χ0v) is 7.63. The first-order valence-corrected chi connectivity index (χ1v) is 4.06. The van der Waals surface area contributed by atoms with Gasteiger partial charge in [-0.1, -0.05) is 31.5 Å². The molecular weight excluding hydrogens is 189 g/mol. The Bertz CT molecular complexity index is 215. The average Bonchev–Trinajstić information content (AvgIpc) is 2.36. The minimum Gasteiger partial charge on any atom is -0.165 e. The van der Waals surface area contributed by atoms with Gasteiger partial charge in [0.2, 0.25) is 0 Å². The van der Waals surface area contributed by atoms with Crippen molar-refractivity contribution in [2.24, 2.45) is 11.3 Å². The second-order valence-corrected chi connectivity index (χ2v) is 4.22. The Hall–Kier alpha value is -0.180. The van der Waals surface area contributed by atoms with Crippen molar-refractivity contribution in [3.63, 3.8) is 0 Å². The van der Waals surface area contributed by atoms with Crippen LogP contribution in [0, 0.1) is 11.3 Å². The van der Waals surface area contributed by atoms with E-state index in [-0.39, 0.29) is 11.3 Å². The average molecular weight is 199 g/mol. The summed E-state index contributed by atoms with van der Waals surface area (Å²) in [6.07, 6.45) is -2.47. The maximum Gasteiger partial charge on any atom is 0.426 e. The number of alkyl halides is 3. The second kappa shape index (κ2) is 2.66. The standard InChI is InChI=1S/C8H10ClF3/c1-7(2)4-5(7)3-6(9)8(10,11)12/h3,5H,4H2,1-2H3/b6-3-. The van der Waals surface area contributed by atoms with Gasteiger partial charge in [0.05, 0.1) is 0 Å². The lowest BCUT2D eigenvalue weighted by Crippen LogP contribution is -2.07. The maximum atomic E-state index is 11.9. The predicted molar refractivity (Wildman–Crippen MR) is 41.9 cm³/mol. The molecular formula is C8H10ClF3. The highest BCUT2D eigenvalue weighted by atomic mass is 35.5. The molecule has 70 valence electrons. The summed E-state index contributed by atoms with van der Waals surface area (Å²) in [5.41, 5.74) is 0.00535. The molecule has 0 bridgehead atoms. The summed E-state index contributed by atoms with van der Waals surface area (Å²) in [6, 6.07) is 0. The molecule has 0 heterocycles. The number of allylic oxidation sites excluding steroid dienone is 2. The Kier molecular flexibility index (Phi) is 2.19. The summed E-state index contributed by atoms with van der Waals surface area (Å²) in [6.45, 7) is 3.85. The molecule has 0 amide bonds. The maximum absolute atomic E-state index is 11.9. The van der Waals surface area contributed by atoms with Crippen LogP contribution >= 0.6 is 11.6 Å². The van der Waals surface area contributed by atoms with E-state index in [9.17, 15) is 13.2 Å². The first-order valence-electron chi connectivity index (χ1n) is 3.68. The van der Waals surface area contributed by atoms with Gasteiger partial charge in [0.15, 0.2) is 0 Å². The second-order valence-electron chi connectivity index (χ2n) is 3.81. The third kappa shape index (κ3) is 2.16. The van der Waals surface area contributed by atoms with Crippen LogP contribution < -0.4 is 0 Å². The van der Waals surface area contributed by atoms with Crippen molar-refractivity contribution in [1.82, 2.24) is 0 Å². The largest absolute Gasteiger partial charge is 0.426 e. The molecule has 1 fully saturated rings. The monoisotopic (exact) mass is 198 g/mol. The van der Waals surface area contributed by atoms with Gasteiger partial charge in [0, 0.05) is 0 Å². The lowest BCUT2D eigenvalue weighted by molar-refractivity contribution is -0.0848. The summed E-state index contributed by atoms with van der Waals surface area (Å²) < 4.78 is 35.7. The molecule has 0 radical (unpaired) electrons. The molecule has 4 heteroatoms. The Morgan fingerprint density at radius 2 is 1.92 bits per heavy atom. The van der Waals surface area contributed by atoms with Gasteiger partial charge in [-0.05, 0) is 17.8 Å². The summed E-state index contributed by atoms with van der Waals surface area (Å²) >= 11 is 5.06.